The summed E-state index contributed by atoms with van der Waals surface area (Å²) in [7, 11) is 0. The van der Waals surface area contributed by atoms with Crippen molar-refractivity contribution < 1.29 is 24.0 Å². The van der Waals surface area contributed by atoms with Crippen LogP contribution in [0.2, 0.25) is 5.02 Å². The zero-order chi connectivity index (χ0) is 18.8. The number of fused-ring (bicyclic) bond motifs is 1. The number of nitro benzene ring substituents is 1. The van der Waals surface area contributed by atoms with Crippen molar-refractivity contribution in [3.63, 3.8) is 0 Å². The third-order valence-electron chi connectivity index (χ3n) is 3.75. The molecule has 0 saturated heterocycles. The molecule has 3 rings (SSSR count). The van der Waals surface area contributed by atoms with E-state index in [9.17, 15) is 24.5 Å². The topological polar surface area (TPSA) is 107 Å². The Morgan fingerprint density at radius 2 is 1.88 bits per heavy atom. The van der Waals surface area contributed by atoms with Crippen molar-refractivity contribution in [2.45, 2.75) is 6.61 Å². The lowest BCUT2D eigenvalue weighted by Crippen LogP contribution is -2.35. The highest BCUT2D eigenvalue weighted by Gasteiger charge is 2.41. The summed E-state index contributed by atoms with van der Waals surface area (Å²) in [6.07, 6.45) is 0. The van der Waals surface area contributed by atoms with Crippen LogP contribution in [0.25, 0.3) is 0 Å². The molecule has 9 heteroatoms. The number of esters is 1. The second-order valence-electron chi connectivity index (χ2n) is 5.44. The Hall–Kier alpha value is -3.26. The number of halogens is 1. The summed E-state index contributed by atoms with van der Waals surface area (Å²) in [5.41, 5.74) is -0.253. The lowest BCUT2D eigenvalue weighted by atomic mass is 10.1. The van der Waals surface area contributed by atoms with Crippen LogP contribution < -0.4 is 0 Å². The molecule has 132 valence electrons. The normalized spacial score (nSPS) is 12.9. The van der Waals surface area contributed by atoms with Gasteiger partial charge in [0.1, 0.15) is 18.7 Å². The van der Waals surface area contributed by atoms with Crippen LogP contribution in [-0.4, -0.2) is 34.2 Å². The van der Waals surface area contributed by atoms with Crippen LogP contribution in [0.1, 0.15) is 26.3 Å². The van der Waals surface area contributed by atoms with Gasteiger partial charge in [-0.2, -0.15) is 0 Å². The highest BCUT2D eigenvalue weighted by molar-refractivity contribution is 6.30. The second kappa shape index (κ2) is 6.93. The number of hydrogen-bond acceptors (Lipinski definition) is 6. The van der Waals surface area contributed by atoms with Crippen LogP contribution in [0, 0.1) is 10.1 Å². The number of carbonyl (C=O) groups excluding carboxylic acids is 3. The molecule has 0 aliphatic carbocycles. The number of imide groups is 1. The molecule has 2 aromatic rings. The number of hydrogen-bond donors (Lipinski definition) is 0. The number of amides is 2. The molecule has 2 amide bonds. The molecule has 0 spiro atoms. The second-order valence-corrected chi connectivity index (χ2v) is 5.88. The maximum atomic E-state index is 12.4. The van der Waals surface area contributed by atoms with E-state index in [0.717, 1.165) is 6.07 Å². The molecule has 0 saturated carbocycles. The molecule has 0 atom stereocenters. The lowest BCUT2D eigenvalue weighted by molar-refractivity contribution is -0.385. The molecule has 26 heavy (non-hydrogen) atoms. The summed E-state index contributed by atoms with van der Waals surface area (Å²) in [5.74, 6) is -2.48. The van der Waals surface area contributed by atoms with Crippen molar-refractivity contribution in [2.24, 2.45) is 0 Å². The molecule has 0 bridgehead atoms. The smallest absolute Gasteiger partial charge is 0.326 e. The molecule has 0 fully saturated rings. The van der Waals surface area contributed by atoms with E-state index in [4.69, 9.17) is 16.3 Å². The van der Waals surface area contributed by atoms with Gasteiger partial charge in [0.15, 0.2) is 0 Å². The van der Waals surface area contributed by atoms with E-state index in [1.807, 2.05) is 0 Å². The predicted octanol–water partition coefficient (Wildman–Crippen LogP) is 2.59. The van der Waals surface area contributed by atoms with E-state index < -0.39 is 34.9 Å². The van der Waals surface area contributed by atoms with Gasteiger partial charge in [0.25, 0.3) is 17.5 Å². The lowest BCUT2D eigenvalue weighted by Gasteiger charge is -2.13. The average Bonchev–Trinajstić information content (AvgIpc) is 2.85. The number of nitro groups is 1. The van der Waals surface area contributed by atoms with Gasteiger partial charge < -0.3 is 4.74 Å². The molecule has 1 aliphatic heterocycles. The average molecular weight is 375 g/mol. The number of nitrogens with zero attached hydrogens (tertiary/aromatic N) is 2. The molecule has 1 aliphatic rings. The zero-order valence-electron chi connectivity index (χ0n) is 13.2. The summed E-state index contributed by atoms with van der Waals surface area (Å²) in [4.78, 5) is 47.6. The van der Waals surface area contributed by atoms with E-state index in [-0.39, 0.29) is 17.7 Å². The summed E-state index contributed by atoms with van der Waals surface area (Å²) in [6.45, 7) is -0.715. The van der Waals surface area contributed by atoms with Gasteiger partial charge in [-0.05, 0) is 23.8 Å². The van der Waals surface area contributed by atoms with E-state index in [0.29, 0.717) is 15.5 Å². The summed E-state index contributed by atoms with van der Waals surface area (Å²) in [5, 5.41) is 11.5. The third-order valence-corrected chi connectivity index (χ3v) is 3.98. The first-order chi connectivity index (χ1) is 12.4. The molecule has 0 N–H and O–H groups in total. The Morgan fingerprint density at radius 1 is 1.15 bits per heavy atom. The fourth-order valence-electron chi connectivity index (χ4n) is 2.58. The van der Waals surface area contributed by atoms with Gasteiger partial charge in [0.05, 0.1) is 10.5 Å². The number of carbonyl (C=O) groups is 3. The van der Waals surface area contributed by atoms with Crippen LogP contribution >= 0.6 is 11.6 Å². The number of ether oxygens (including phenoxy) is 1. The van der Waals surface area contributed by atoms with Crippen molar-refractivity contribution in [3.05, 3.63) is 74.3 Å². The summed E-state index contributed by atoms with van der Waals surface area (Å²) < 4.78 is 5.04. The predicted molar refractivity (Wildman–Crippen MR) is 89.7 cm³/mol. The van der Waals surface area contributed by atoms with Gasteiger partial charge in [0.2, 0.25) is 0 Å². The largest absolute Gasteiger partial charge is 0.459 e. The fourth-order valence-corrected chi connectivity index (χ4v) is 2.79. The Balaban J connectivity index is 1.72. The van der Waals surface area contributed by atoms with E-state index >= 15 is 0 Å². The third kappa shape index (κ3) is 3.27. The molecular formula is C17H11ClN2O6. The van der Waals surface area contributed by atoms with Crippen molar-refractivity contribution in [2.75, 3.05) is 6.54 Å². The van der Waals surface area contributed by atoms with Gasteiger partial charge in [-0.15, -0.1) is 0 Å². The minimum atomic E-state index is -0.892. The standard InChI is InChI=1S/C17H11ClN2O6/c18-11-4-1-3-10(7-11)9-26-14(21)8-19-16(22)12-5-2-6-13(20(24)25)15(12)17(19)23/h1-7H,8-9H2. The van der Waals surface area contributed by atoms with Gasteiger partial charge in [-0.1, -0.05) is 29.8 Å². The van der Waals surface area contributed by atoms with Gasteiger partial charge in [0, 0.05) is 11.1 Å². The van der Waals surface area contributed by atoms with Crippen LogP contribution in [-0.2, 0) is 16.1 Å². The molecule has 1 heterocycles. The molecule has 2 aromatic carbocycles. The van der Waals surface area contributed by atoms with Crippen molar-refractivity contribution in [1.82, 2.24) is 4.90 Å². The first kappa shape index (κ1) is 17.6. The molecule has 8 nitrogen and oxygen atoms in total. The van der Waals surface area contributed by atoms with Gasteiger partial charge in [-0.25, -0.2) is 0 Å². The zero-order valence-corrected chi connectivity index (χ0v) is 13.9. The van der Waals surface area contributed by atoms with Crippen LogP contribution in [0.3, 0.4) is 0 Å². The first-order valence-electron chi connectivity index (χ1n) is 7.42. The Kier molecular flexibility index (Phi) is 4.68. The van der Waals surface area contributed by atoms with Crippen molar-refractivity contribution in [3.8, 4) is 0 Å². The molecule has 0 unspecified atom stereocenters. The van der Waals surface area contributed by atoms with Crippen molar-refractivity contribution >= 4 is 35.1 Å². The highest BCUT2D eigenvalue weighted by Crippen LogP contribution is 2.30. The maximum Gasteiger partial charge on any atom is 0.326 e. The van der Waals surface area contributed by atoms with E-state index in [2.05, 4.69) is 0 Å². The maximum absolute atomic E-state index is 12.4. The van der Waals surface area contributed by atoms with Crippen LogP contribution in [0.5, 0.6) is 0 Å². The Morgan fingerprint density at radius 3 is 2.58 bits per heavy atom. The summed E-state index contributed by atoms with van der Waals surface area (Å²) >= 11 is 5.83. The van der Waals surface area contributed by atoms with Crippen molar-refractivity contribution in [1.29, 1.82) is 0 Å². The summed E-state index contributed by atoms with van der Waals surface area (Å²) in [6, 6.07) is 10.4. The van der Waals surface area contributed by atoms with E-state index in [1.165, 1.54) is 12.1 Å². The fraction of sp³-hybridized carbons (Fsp3) is 0.118. The Labute approximate surface area is 152 Å². The number of rotatable bonds is 5. The molecular weight excluding hydrogens is 364 g/mol. The minimum Gasteiger partial charge on any atom is -0.459 e. The Bertz CT molecular complexity index is 943. The monoisotopic (exact) mass is 374 g/mol. The van der Waals surface area contributed by atoms with Gasteiger partial charge in [-0.3, -0.25) is 29.4 Å². The van der Waals surface area contributed by atoms with Crippen LogP contribution in [0.15, 0.2) is 42.5 Å². The minimum absolute atomic E-state index is 0.0806. The highest BCUT2D eigenvalue weighted by atomic mass is 35.5. The molecule has 0 aromatic heterocycles. The molecule has 0 radical (unpaired) electrons. The number of benzene rings is 2. The first-order valence-corrected chi connectivity index (χ1v) is 7.80. The van der Waals surface area contributed by atoms with E-state index in [1.54, 1.807) is 24.3 Å². The quantitative estimate of drug-likeness (QED) is 0.344. The van der Waals surface area contributed by atoms with Crippen LogP contribution in [0.4, 0.5) is 5.69 Å². The van der Waals surface area contributed by atoms with Gasteiger partial charge >= 0.3 is 5.97 Å². The SMILES string of the molecule is O=C(CN1C(=O)c2cccc([N+](=O)[O-])c2C1=O)OCc1cccc(Cl)c1.